The second-order valence-electron chi connectivity index (χ2n) is 5.77. The molecule has 90 valence electrons. The van der Waals surface area contributed by atoms with Crippen LogP contribution in [0.2, 0.25) is 0 Å². The third-order valence-electron chi connectivity index (χ3n) is 4.57. The molecule has 0 saturated carbocycles. The molecule has 0 radical (unpaired) electrons. The van der Waals surface area contributed by atoms with Gasteiger partial charge in [-0.2, -0.15) is 0 Å². The highest BCUT2D eigenvalue weighted by molar-refractivity contribution is 5.55. The van der Waals surface area contributed by atoms with Crippen LogP contribution in [0, 0.1) is 6.92 Å². The summed E-state index contributed by atoms with van der Waals surface area (Å²) < 4.78 is 0. The minimum atomic E-state index is 0.000856. The third-order valence-corrected chi connectivity index (χ3v) is 4.57. The molecule has 18 heavy (non-hydrogen) atoms. The van der Waals surface area contributed by atoms with E-state index in [4.69, 9.17) is 0 Å². The van der Waals surface area contributed by atoms with Crippen molar-refractivity contribution in [3.8, 4) is 0 Å². The van der Waals surface area contributed by atoms with Crippen molar-refractivity contribution in [1.29, 1.82) is 0 Å². The number of nitrogens with one attached hydrogen (secondary N) is 1. The lowest BCUT2D eigenvalue weighted by molar-refractivity contribution is 0.388. The van der Waals surface area contributed by atoms with Crippen molar-refractivity contribution in [1.82, 2.24) is 5.32 Å². The molecule has 1 N–H and O–H groups in total. The molecule has 4 rings (SSSR count). The van der Waals surface area contributed by atoms with Gasteiger partial charge in [-0.1, -0.05) is 48.0 Å². The van der Waals surface area contributed by atoms with Gasteiger partial charge in [0.1, 0.15) is 0 Å². The fraction of sp³-hybridized carbons (Fsp3) is 0.294. The maximum Gasteiger partial charge on any atom is 0.0672 e. The molecule has 2 heterocycles. The van der Waals surface area contributed by atoms with Crippen LogP contribution in [0.15, 0.2) is 42.5 Å². The van der Waals surface area contributed by atoms with Gasteiger partial charge in [0.2, 0.25) is 0 Å². The summed E-state index contributed by atoms with van der Waals surface area (Å²) in [5, 5.41) is 3.82. The van der Waals surface area contributed by atoms with E-state index in [1.54, 1.807) is 0 Å². The Kier molecular flexibility index (Phi) is 1.86. The molecule has 2 aliphatic heterocycles. The van der Waals surface area contributed by atoms with E-state index in [1.165, 1.54) is 27.8 Å². The summed E-state index contributed by atoms with van der Waals surface area (Å²) in [6.45, 7) is 4.50. The number of benzene rings is 2. The summed E-state index contributed by atoms with van der Waals surface area (Å²) in [5.74, 6) is 0. The zero-order chi connectivity index (χ0) is 12.3. The molecule has 0 saturated heterocycles. The predicted molar refractivity (Wildman–Crippen MR) is 73.7 cm³/mol. The van der Waals surface area contributed by atoms with Crippen LogP contribution < -0.4 is 5.32 Å². The molecule has 2 bridgehead atoms. The van der Waals surface area contributed by atoms with Crippen molar-refractivity contribution >= 4 is 0 Å². The molecule has 0 aliphatic carbocycles. The molecule has 0 fully saturated rings. The van der Waals surface area contributed by atoms with Crippen LogP contribution in [-0.4, -0.2) is 0 Å². The first-order valence-corrected chi connectivity index (χ1v) is 6.65. The summed E-state index contributed by atoms with van der Waals surface area (Å²) in [4.78, 5) is 0. The number of hydrogen-bond donors (Lipinski definition) is 1. The maximum absolute atomic E-state index is 3.82. The molecule has 1 heteroatoms. The van der Waals surface area contributed by atoms with E-state index < -0.39 is 0 Å². The van der Waals surface area contributed by atoms with Crippen molar-refractivity contribution in [2.24, 2.45) is 0 Å². The van der Waals surface area contributed by atoms with Crippen molar-refractivity contribution in [3.05, 3.63) is 70.3 Å². The fourth-order valence-corrected chi connectivity index (χ4v) is 3.70. The van der Waals surface area contributed by atoms with Crippen LogP contribution in [-0.2, 0) is 12.0 Å². The normalized spacial score (nSPS) is 27.8. The van der Waals surface area contributed by atoms with Gasteiger partial charge >= 0.3 is 0 Å². The van der Waals surface area contributed by atoms with Gasteiger partial charge in [-0.15, -0.1) is 0 Å². The van der Waals surface area contributed by atoms with E-state index in [9.17, 15) is 0 Å². The molecular weight excluding hydrogens is 218 g/mol. The number of hydrogen-bond acceptors (Lipinski definition) is 1. The SMILES string of the molecule is Cc1ccc2c(c1)[C@@]1(C)N[C@@H](C2)c2ccccc21. The Balaban J connectivity index is 2.04. The number of fused-ring (bicyclic) bond motifs is 7. The van der Waals surface area contributed by atoms with Crippen molar-refractivity contribution in [3.63, 3.8) is 0 Å². The Hall–Kier alpha value is -1.60. The van der Waals surface area contributed by atoms with Gasteiger partial charge in [-0.05, 0) is 42.5 Å². The molecule has 0 aromatic heterocycles. The first kappa shape index (κ1) is 10.3. The van der Waals surface area contributed by atoms with Crippen LogP contribution in [0.5, 0.6) is 0 Å². The summed E-state index contributed by atoms with van der Waals surface area (Å²) >= 11 is 0. The second-order valence-corrected chi connectivity index (χ2v) is 5.77. The van der Waals surface area contributed by atoms with E-state index in [0.29, 0.717) is 6.04 Å². The van der Waals surface area contributed by atoms with Crippen LogP contribution >= 0.6 is 0 Å². The first-order chi connectivity index (χ1) is 8.68. The summed E-state index contributed by atoms with van der Waals surface area (Å²) in [6.07, 6.45) is 1.11. The molecule has 1 nitrogen and oxygen atoms in total. The van der Waals surface area contributed by atoms with Gasteiger partial charge in [-0.25, -0.2) is 0 Å². The van der Waals surface area contributed by atoms with Gasteiger partial charge in [0, 0.05) is 6.04 Å². The first-order valence-electron chi connectivity index (χ1n) is 6.65. The van der Waals surface area contributed by atoms with Crippen molar-refractivity contribution in [2.75, 3.05) is 0 Å². The molecular formula is C17H17N. The zero-order valence-corrected chi connectivity index (χ0v) is 10.8. The number of rotatable bonds is 0. The average molecular weight is 235 g/mol. The van der Waals surface area contributed by atoms with Gasteiger partial charge < -0.3 is 0 Å². The Labute approximate surface area is 108 Å². The zero-order valence-electron chi connectivity index (χ0n) is 10.8. The Morgan fingerprint density at radius 2 is 1.94 bits per heavy atom. The summed E-state index contributed by atoms with van der Waals surface area (Å²) in [7, 11) is 0. The molecule has 2 atom stereocenters. The minimum Gasteiger partial charge on any atom is -0.297 e. The number of aryl methyl sites for hydroxylation is 1. The molecule has 2 aromatic carbocycles. The van der Waals surface area contributed by atoms with E-state index in [2.05, 4.69) is 61.6 Å². The molecule has 2 aromatic rings. The highest BCUT2D eigenvalue weighted by atomic mass is 15.1. The van der Waals surface area contributed by atoms with Crippen molar-refractivity contribution in [2.45, 2.75) is 31.8 Å². The van der Waals surface area contributed by atoms with Crippen LogP contribution in [0.1, 0.15) is 40.8 Å². The second kappa shape index (κ2) is 3.24. The maximum atomic E-state index is 3.82. The molecule has 0 spiro atoms. The molecule has 0 unspecified atom stereocenters. The van der Waals surface area contributed by atoms with E-state index >= 15 is 0 Å². The van der Waals surface area contributed by atoms with E-state index in [0.717, 1.165) is 6.42 Å². The van der Waals surface area contributed by atoms with E-state index in [-0.39, 0.29) is 5.54 Å². The lowest BCUT2D eigenvalue weighted by atomic mass is 9.81. The quantitative estimate of drug-likeness (QED) is 0.737. The third kappa shape index (κ3) is 1.15. The van der Waals surface area contributed by atoms with Gasteiger partial charge in [0.05, 0.1) is 5.54 Å². The Bertz CT molecular complexity index is 644. The van der Waals surface area contributed by atoms with Crippen molar-refractivity contribution < 1.29 is 0 Å². The smallest absolute Gasteiger partial charge is 0.0672 e. The van der Waals surface area contributed by atoms with Gasteiger partial charge in [0.15, 0.2) is 0 Å². The summed E-state index contributed by atoms with van der Waals surface area (Å²) in [5.41, 5.74) is 7.25. The standard InChI is InChI=1S/C17H17N/c1-11-7-8-12-10-16-13-5-3-4-6-14(13)17(2,18-16)15(12)9-11/h3-9,16,18H,10H2,1-2H3/t16-,17-/m0/s1. The van der Waals surface area contributed by atoms with Crippen LogP contribution in [0.4, 0.5) is 0 Å². The topological polar surface area (TPSA) is 12.0 Å². The monoisotopic (exact) mass is 235 g/mol. The van der Waals surface area contributed by atoms with Crippen LogP contribution in [0.25, 0.3) is 0 Å². The average Bonchev–Trinajstić information content (AvgIpc) is 2.62. The highest BCUT2D eigenvalue weighted by Crippen LogP contribution is 2.48. The predicted octanol–water partition coefficient (Wildman–Crippen LogP) is 3.46. The Morgan fingerprint density at radius 1 is 1.11 bits per heavy atom. The molecule has 2 aliphatic rings. The minimum absolute atomic E-state index is 0.000856. The lowest BCUT2D eigenvalue weighted by Gasteiger charge is -2.34. The Morgan fingerprint density at radius 3 is 2.83 bits per heavy atom. The van der Waals surface area contributed by atoms with Gasteiger partial charge in [-0.3, -0.25) is 5.32 Å². The van der Waals surface area contributed by atoms with E-state index in [1.807, 2.05) is 0 Å². The fourth-order valence-electron chi connectivity index (χ4n) is 3.70. The largest absolute Gasteiger partial charge is 0.297 e. The lowest BCUT2D eigenvalue weighted by Crippen LogP contribution is -2.41. The molecule has 0 amide bonds. The highest BCUT2D eigenvalue weighted by Gasteiger charge is 2.45. The summed E-state index contributed by atoms with van der Waals surface area (Å²) in [6, 6.07) is 16.2. The van der Waals surface area contributed by atoms with Gasteiger partial charge in [0.25, 0.3) is 0 Å². The van der Waals surface area contributed by atoms with Crippen LogP contribution in [0.3, 0.4) is 0 Å².